The Labute approximate surface area is 661 Å². The Morgan fingerprint density at radius 2 is 0.635 bits per heavy atom. The van der Waals surface area contributed by atoms with Crippen molar-refractivity contribution in [3.05, 3.63) is 211 Å². The summed E-state index contributed by atoms with van der Waals surface area (Å²) in [7, 11) is 12.2. The largest absolute Gasteiger partial charge is 0.384 e. The second-order valence-corrected chi connectivity index (χ2v) is 30.9. The van der Waals surface area contributed by atoms with Gasteiger partial charge in [0.1, 0.15) is 17.2 Å². The quantitative estimate of drug-likeness (QED) is 0.0323. The SMILES string of the molecule is CCC(C)(C)C(=O)NCc1cc(F)cc(F)c1F.CCC(C)(CC)C(=O)N(C)Cc1cc(F)c(F)c(F)c1.CN(Cc1cc(F)c(F)c(F)c1)C(=O)C(C)(C)C.CNCC(C)(C)C(=O)N(C)Cc1cc(F)c(F)c(F)c1.COC(C)(C)C(=O)N(C)Cc1cc(F)cc(F)c1F.COCC(C)(C)C(=O)N(C)Cc1cc(F)c(F)c(F)c1. The van der Waals surface area contributed by atoms with E-state index in [9.17, 15) is 108 Å². The lowest BCUT2D eigenvalue weighted by atomic mass is 9.83. The number of nitrogens with one attached hydrogen (secondary N) is 2. The van der Waals surface area contributed by atoms with E-state index in [1.807, 2.05) is 27.7 Å². The fourth-order valence-corrected chi connectivity index (χ4v) is 10.7. The molecule has 6 amide bonds. The first kappa shape index (κ1) is 104. The van der Waals surface area contributed by atoms with Crippen molar-refractivity contribution >= 4 is 35.4 Å². The minimum absolute atomic E-state index is 0.0138. The second-order valence-electron chi connectivity index (χ2n) is 30.9. The zero-order chi connectivity index (χ0) is 89.3. The Balaban J connectivity index is 0.000000690. The van der Waals surface area contributed by atoms with Gasteiger partial charge in [0.05, 0.1) is 17.4 Å². The van der Waals surface area contributed by atoms with Crippen molar-refractivity contribution in [2.24, 2.45) is 27.1 Å². The molecule has 0 saturated heterocycles. The molecule has 0 aliphatic carbocycles. The molecule has 642 valence electrons. The van der Waals surface area contributed by atoms with Crippen molar-refractivity contribution in [2.45, 2.75) is 168 Å². The van der Waals surface area contributed by atoms with E-state index in [1.165, 1.54) is 55.0 Å². The summed E-state index contributed by atoms with van der Waals surface area (Å²) >= 11 is 0. The molecule has 0 fully saturated rings. The van der Waals surface area contributed by atoms with E-state index in [0.717, 1.165) is 65.6 Å². The van der Waals surface area contributed by atoms with Gasteiger partial charge in [-0.3, -0.25) is 28.8 Å². The number of methoxy groups -OCH3 is 2. The molecule has 115 heavy (non-hydrogen) atoms. The number of benzene rings is 6. The van der Waals surface area contributed by atoms with Crippen LogP contribution >= 0.6 is 0 Å². The molecule has 0 aliphatic heterocycles. The fourth-order valence-electron chi connectivity index (χ4n) is 10.7. The molecule has 0 atom stereocenters. The van der Waals surface area contributed by atoms with Crippen LogP contribution in [-0.4, -0.2) is 135 Å². The van der Waals surface area contributed by atoms with Crippen LogP contribution in [0.15, 0.2) is 72.8 Å². The number of amides is 6. The molecule has 6 aromatic carbocycles. The highest BCUT2D eigenvalue weighted by Crippen LogP contribution is 2.30. The molecule has 15 nitrogen and oxygen atoms in total. The summed E-state index contributed by atoms with van der Waals surface area (Å²) in [6.07, 6.45) is 1.97. The van der Waals surface area contributed by atoms with Crippen LogP contribution in [-0.2, 0) is 77.5 Å². The lowest BCUT2D eigenvalue weighted by Gasteiger charge is -2.31. The summed E-state index contributed by atoms with van der Waals surface area (Å²) in [4.78, 5) is 78.9. The Morgan fingerprint density at radius 3 is 0.930 bits per heavy atom. The van der Waals surface area contributed by atoms with Crippen LogP contribution in [0.25, 0.3) is 0 Å². The molecule has 0 radical (unpaired) electrons. The van der Waals surface area contributed by atoms with Crippen molar-refractivity contribution in [3.8, 4) is 0 Å². The van der Waals surface area contributed by atoms with Gasteiger partial charge in [-0.1, -0.05) is 62.3 Å². The van der Waals surface area contributed by atoms with Gasteiger partial charge in [0.25, 0.3) is 5.91 Å². The predicted molar refractivity (Wildman–Crippen MR) is 399 cm³/mol. The topological polar surface area (TPSA) is 161 Å². The molecule has 0 spiro atoms. The lowest BCUT2D eigenvalue weighted by Crippen LogP contribution is -2.44. The number of rotatable bonds is 25. The van der Waals surface area contributed by atoms with Crippen LogP contribution in [0.2, 0.25) is 0 Å². The van der Waals surface area contributed by atoms with E-state index >= 15 is 0 Å². The van der Waals surface area contributed by atoms with Crippen LogP contribution in [0.1, 0.15) is 156 Å². The summed E-state index contributed by atoms with van der Waals surface area (Å²) in [5, 5.41) is 5.39. The van der Waals surface area contributed by atoms with Crippen LogP contribution in [0.3, 0.4) is 0 Å². The van der Waals surface area contributed by atoms with Gasteiger partial charge in [-0.25, -0.2) is 79.0 Å². The van der Waals surface area contributed by atoms with E-state index in [2.05, 4.69) is 10.6 Å². The highest BCUT2D eigenvalue weighted by Gasteiger charge is 2.36. The van der Waals surface area contributed by atoms with Gasteiger partial charge in [0.2, 0.25) is 29.5 Å². The predicted octanol–water partition coefficient (Wildman–Crippen LogP) is 17.7. The molecule has 0 unspecified atom stereocenters. The van der Waals surface area contributed by atoms with E-state index in [1.54, 1.807) is 97.3 Å². The van der Waals surface area contributed by atoms with Gasteiger partial charge in [-0.05, 0) is 151 Å². The molecule has 0 aromatic heterocycles. The number of halogens is 18. The molecule has 0 bridgehead atoms. The lowest BCUT2D eigenvalue weighted by molar-refractivity contribution is -0.150. The first-order chi connectivity index (χ1) is 52.7. The summed E-state index contributed by atoms with van der Waals surface area (Å²) < 4.78 is 245. The van der Waals surface area contributed by atoms with Crippen molar-refractivity contribution in [1.29, 1.82) is 0 Å². The monoisotopic (exact) mass is 1660 g/mol. The molecule has 0 aliphatic rings. The molecule has 33 heteroatoms. The van der Waals surface area contributed by atoms with Crippen LogP contribution in [0.5, 0.6) is 0 Å². The van der Waals surface area contributed by atoms with Crippen LogP contribution in [0.4, 0.5) is 79.0 Å². The van der Waals surface area contributed by atoms with E-state index in [0.29, 0.717) is 37.9 Å². The highest BCUT2D eigenvalue weighted by atomic mass is 19.2. The fraction of sp³-hybridized carbons (Fsp3) is 0.488. The molecular formula is C82H105F18N7O8. The maximum Gasteiger partial charge on any atom is 0.254 e. The highest BCUT2D eigenvalue weighted by molar-refractivity contribution is 5.85. The first-order valence-electron chi connectivity index (χ1n) is 35.8. The van der Waals surface area contributed by atoms with Gasteiger partial charge in [-0.15, -0.1) is 0 Å². The summed E-state index contributed by atoms with van der Waals surface area (Å²) in [5.74, 6) is -24.0. The zero-order valence-corrected chi connectivity index (χ0v) is 69.0. The number of carbonyl (C=O) groups excluding carboxylic acids is 6. The van der Waals surface area contributed by atoms with Crippen molar-refractivity contribution in [2.75, 3.05) is 69.7 Å². The van der Waals surface area contributed by atoms with Gasteiger partial charge in [0.15, 0.2) is 93.1 Å². The summed E-state index contributed by atoms with van der Waals surface area (Å²) in [5.41, 5.74) is -3.73. The smallest absolute Gasteiger partial charge is 0.254 e. The van der Waals surface area contributed by atoms with Gasteiger partial charge < -0.3 is 44.6 Å². The first-order valence-corrected chi connectivity index (χ1v) is 35.8. The molecule has 6 aromatic rings. The van der Waals surface area contributed by atoms with Crippen LogP contribution in [0, 0.1) is 132 Å². The Morgan fingerprint density at radius 1 is 0.348 bits per heavy atom. The Bertz CT molecular complexity index is 4120. The number of carbonyl (C=O) groups is 6. The maximum absolute atomic E-state index is 13.5. The maximum atomic E-state index is 13.5. The minimum atomic E-state index is -1.51. The minimum Gasteiger partial charge on any atom is -0.384 e. The van der Waals surface area contributed by atoms with Gasteiger partial charge in [-0.2, -0.15) is 0 Å². The number of hydrogen-bond donors (Lipinski definition) is 2. The van der Waals surface area contributed by atoms with E-state index in [-0.39, 0.29) is 109 Å². The third-order valence-corrected chi connectivity index (χ3v) is 18.1. The Hall–Kier alpha value is -9.24. The van der Waals surface area contributed by atoms with Crippen molar-refractivity contribution in [3.63, 3.8) is 0 Å². The standard InChI is InChI=1S/C15H20F3NO.C14H19F3N2O.C14H18F3NO2.C13H16F3NO2.2C13H16F3NO/c1-5-15(3,6-2)14(20)19(4)9-10-7-11(16)13(18)12(17)8-10;1-14(2,8-18-3)13(20)19(4)7-9-5-10(15)12(17)11(16)6-9;1-14(2,8-20-4)13(19)18(3)7-9-5-10(15)12(17)11(16)6-9;1-13(2,19-4)12(18)17(3)7-8-5-9(14)6-10(15)11(8)16;1-13(2,3)12(18)17(4)7-8-5-9(14)11(16)10(15)6-8;1-4-13(2,3)12(18)17-7-8-5-9(14)6-10(15)11(8)16/h7-8H,5-6,9H2,1-4H3;5-6,18H,7-8H2,1-4H3;5-6H,7-8H2,1-4H3;5-6H,7H2,1-4H3;5-6H,7H2,1-4H3;5-6H,4,7H2,1-3H3,(H,17,18). The third-order valence-electron chi connectivity index (χ3n) is 18.1. The number of nitrogens with zero attached hydrogens (tertiary/aromatic N) is 5. The van der Waals surface area contributed by atoms with Gasteiger partial charge in [0, 0.05) is 135 Å². The number of likely N-dealkylation sites (N-methyl/N-ethyl adjacent to an activating group) is 1. The average Bonchev–Trinajstić information content (AvgIpc) is 0.841. The van der Waals surface area contributed by atoms with E-state index in [4.69, 9.17) is 9.47 Å². The molecule has 0 saturated carbocycles. The Kier molecular flexibility index (Phi) is 40.4. The number of hydrogen-bond acceptors (Lipinski definition) is 9. The zero-order valence-electron chi connectivity index (χ0n) is 69.0. The molecule has 2 N–H and O–H groups in total. The average molecular weight is 1660 g/mol. The third kappa shape index (κ3) is 31.4. The van der Waals surface area contributed by atoms with Crippen LogP contribution < -0.4 is 10.6 Å². The summed E-state index contributed by atoms with van der Waals surface area (Å²) in [6, 6.07) is 9.83. The van der Waals surface area contributed by atoms with Crippen molar-refractivity contribution < 1.29 is 117 Å². The normalized spacial score (nSPS) is 11.5. The van der Waals surface area contributed by atoms with Crippen molar-refractivity contribution in [1.82, 2.24) is 35.1 Å². The molecular weight excluding hydrogens is 1550 g/mol. The summed E-state index contributed by atoms with van der Waals surface area (Å²) in [6.45, 7) is 26.6. The van der Waals surface area contributed by atoms with E-state index < -0.39 is 143 Å². The molecule has 0 heterocycles. The molecule has 6 rings (SSSR count). The number of ether oxygens (including phenoxy) is 2. The van der Waals surface area contributed by atoms with Gasteiger partial charge >= 0.3 is 0 Å². The second kappa shape index (κ2) is 44.7.